The molecule has 0 fully saturated rings. The Morgan fingerprint density at radius 2 is 2.15 bits per heavy atom. The molecule has 3 heteroatoms. The third kappa shape index (κ3) is 2.06. The first-order valence-corrected chi connectivity index (χ1v) is 7.16. The third-order valence-electron chi connectivity index (χ3n) is 3.48. The van der Waals surface area contributed by atoms with E-state index in [1.54, 1.807) is 0 Å². The minimum absolute atomic E-state index is 0.211. The first-order chi connectivity index (χ1) is 9.72. The summed E-state index contributed by atoms with van der Waals surface area (Å²) in [5.74, 6) is 0. The standard InChI is InChI=1S/C17H17ClN2/c1-3-6-12(2)11-20-15-8-5-4-7-13(15)14-9-10-19-17(18)16(14)20/h3-11,17,19H,1-2H3/b6-3+,12-11-. The number of benzene rings is 1. The fourth-order valence-corrected chi connectivity index (χ4v) is 2.98. The lowest BCUT2D eigenvalue weighted by molar-refractivity contribution is 0.780. The number of hydrogen-bond acceptors (Lipinski definition) is 1. The van der Waals surface area contributed by atoms with Gasteiger partial charge >= 0.3 is 0 Å². The van der Waals surface area contributed by atoms with E-state index in [1.165, 1.54) is 22.0 Å². The molecule has 0 saturated heterocycles. The smallest absolute Gasteiger partial charge is 0.143 e. The Hall–Kier alpha value is -1.93. The van der Waals surface area contributed by atoms with Gasteiger partial charge in [0, 0.05) is 17.1 Å². The molecule has 0 amide bonds. The molecule has 102 valence electrons. The van der Waals surface area contributed by atoms with Crippen molar-refractivity contribution in [3.8, 4) is 0 Å². The molecule has 0 spiro atoms. The molecule has 0 aliphatic carbocycles. The molecule has 1 aliphatic rings. The van der Waals surface area contributed by atoms with Crippen molar-refractivity contribution in [3.63, 3.8) is 0 Å². The molecule has 2 aromatic rings. The van der Waals surface area contributed by atoms with Crippen molar-refractivity contribution >= 4 is 34.8 Å². The summed E-state index contributed by atoms with van der Waals surface area (Å²) in [6.45, 7) is 4.12. The van der Waals surface area contributed by atoms with Gasteiger partial charge in [-0.3, -0.25) is 0 Å². The lowest BCUT2D eigenvalue weighted by Gasteiger charge is -2.17. The van der Waals surface area contributed by atoms with Crippen molar-refractivity contribution in [1.82, 2.24) is 9.88 Å². The average molecular weight is 285 g/mol. The van der Waals surface area contributed by atoms with Gasteiger partial charge < -0.3 is 9.88 Å². The van der Waals surface area contributed by atoms with Crippen LogP contribution in [0.4, 0.5) is 0 Å². The first kappa shape index (κ1) is 13.1. The van der Waals surface area contributed by atoms with Crippen molar-refractivity contribution < 1.29 is 0 Å². The molecule has 0 saturated carbocycles. The normalized spacial score (nSPS) is 18.6. The highest BCUT2D eigenvalue weighted by atomic mass is 35.5. The van der Waals surface area contributed by atoms with E-state index in [2.05, 4.69) is 59.4 Å². The summed E-state index contributed by atoms with van der Waals surface area (Å²) >= 11 is 6.45. The van der Waals surface area contributed by atoms with Gasteiger partial charge in [0.25, 0.3) is 0 Å². The quantitative estimate of drug-likeness (QED) is 0.472. The van der Waals surface area contributed by atoms with Gasteiger partial charge in [-0.25, -0.2) is 0 Å². The van der Waals surface area contributed by atoms with Crippen LogP contribution in [0.2, 0.25) is 0 Å². The Labute approximate surface area is 124 Å². The van der Waals surface area contributed by atoms with E-state index in [-0.39, 0.29) is 5.50 Å². The van der Waals surface area contributed by atoms with Crippen molar-refractivity contribution in [2.45, 2.75) is 19.3 Å². The number of nitrogens with zero attached hydrogens (tertiary/aromatic N) is 1. The fraction of sp³-hybridized carbons (Fsp3) is 0.176. The van der Waals surface area contributed by atoms with Crippen LogP contribution in [-0.4, -0.2) is 4.57 Å². The van der Waals surface area contributed by atoms with Crippen molar-refractivity contribution in [3.05, 3.63) is 59.4 Å². The number of rotatable bonds is 2. The summed E-state index contributed by atoms with van der Waals surface area (Å²) in [5, 5.41) is 4.39. The number of fused-ring (bicyclic) bond motifs is 3. The summed E-state index contributed by atoms with van der Waals surface area (Å²) in [4.78, 5) is 0. The molecule has 1 atom stereocenters. The van der Waals surface area contributed by atoms with E-state index in [0.29, 0.717) is 0 Å². The molecule has 20 heavy (non-hydrogen) atoms. The molecule has 1 aliphatic heterocycles. The minimum Gasteiger partial charge on any atom is -0.370 e. The van der Waals surface area contributed by atoms with Gasteiger partial charge in [-0.2, -0.15) is 0 Å². The summed E-state index contributed by atoms with van der Waals surface area (Å²) in [6, 6.07) is 8.39. The largest absolute Gasteiger partial charge is 0.370 e. The van der Waals surface area contributed by atoms with Crippen molar-refractivity contribution in [2.75, 3.05) is 0 Å². The molecule has 2 heterocycles. The molecule has 1 aromatic heterocycles. The van der Waals surface area contributed by atoms with Gasteiger partial charge in [0.1, 0.15) is 5.50 Å². The summed E-state index contributed by atoms with van der Waals surface area (Å²) in [7, 11) is 0. The van der Waals surface area contributed by atoms with Crippen molar-refractivity contribution in [2.24, 2.45) is 0 Å². The second-order valence-electron chi connectivity index (χ2n) is 4.92. The van der Waals surface area contributed by atoms with Crippen LogP contribution < -0.4 is 5.32 Å². The molecular formula is C17H17ClN2. The predicted octanol–water partition coefficient (Wildman–Crippen LogP) is 4.89. The monoisotopic (exact) mass is 284 g/mol. The zero-order chi connectivity index (χ0) is 14.1. The maximum Gasteiger partial charge on any atom is 0.143 e. The Balaban J connectivity index is 2.33. The van der Waals surface area contributed by atoms with Gasteiger partial charge in [0.2, 0.25) is 0 Å². The molecular weight excluding hydrogens is 268 g/mol. The second-order valence-corrected chi connectivity index (χ2v) is 5.36. The summed E-state index contributed by atoms with van der Waals surface area (Å²) in [5.41, 5.74) is 4.45. The second kappa shape index (κ2) is 5.22. The predicted molar refractivity (Wildman–Crippen MR) is 87.5 cm³/mol. The highest BCUT2D eigenvalue weighted by molar-refractivity contribution is 6.21. The van der Waals surface area contributed by atoms with Crippen LogP contribution in [0, 0.1) is 0 Å². The van der Waals surface area contributed by atoms with Crippen molar-refractivity contribution in [1.29, 1.82) is 0 Å². The number of allylic oxidation sites excluding steroid dienone is 3. The average Bonchev–Trinajstić information content (AvgIpc) is 2.76. The van der Waals surface area contributed by atoms with Crippen LogP contribution in [0.3, 0.4) is 0 Å². The Morgan fingerprint density at radius 1 is 1.35 bits per heavy atom. The molecule has 1 aromatic carbocycles. The molecule has 0 radical (unpaired) electrons. The van der Waals surface area contributed by atoms with Crippen LogP contribution >= 0.6 is 11.6 Å². The zero-order valence-electron chi connectivity index (χ0n) is 11.6. The third-order valence-corrected chi connectivity index (χ3v) is 3.82. The van der Waals surface area contributed by atoms with E-state index in [4.69, 9.17) is 11.6 Å². The highest BCUT2D eigenvalue weighted by Crippen LogP contribution is 2.35. The number of para-hydroxylation sites is 1. The van der Waals surface area contributed by atoms with Crippen LogP contribution in [-0.2, 0) is 0 Å². The number of hydrogen-bond donors (Lipinski definition) is 1. The lowest BCUT2D eigenvalue weighted by atomic mass is 10.1. The van der Waals surface area contributed by atoms with Gasteiger partial charge in [0.15, 0.2) is 0 Å². The fourth-order valence-electron chi connectivity index (χ4n) is 2.69. The van der Waals surface area contributed by atoms with E-state index in [9.17, 15) is 0 Å². The van der Waals surface area contributed by atoms with E-state index in [1.807, 2.05) is 19.2 Å². The number of alkyl halides is 1. The topological polar surface area (TPSA) is 17.0 Å². The number of aromatic nitrogens is 1. The van der Waals surface area contributed by atoms with E-state index in [0.717, 1.165) is 5.69 Å². The molecule has 1 unspecified atom stereocenters. The molecule has 3 rings (SSSR count). The maximum absolute atomic E-state index is 6.45. The number of nitrogens with one attached hydrogen (secondary N) is 1. The number of halogens is 1. The zero-order valence-corrected chi connectivity index (χ0v) is 12.4. The molecule has 2 nitrogen and oxygen atoms in total. The summed E-state index contributed by atoms with van der Waals surface area (Å²) < 4.78 is 2.19. The van der Waals surface area contributed by atoms with Gasteiger partial charge in [-0.05, 0) is 37.8 Å². The van der Waals surface area contributed by atoms with Crippen LogP contribution in [0.25, 0.3) is 23.2 Å². The van der Waals surface area contributed by atoms with Crippen LogP contribution in [0.15, 0.2) is 48.2 Å². The van der Waals surface area contributed by atoms with Gasteiger partial charge in [0.05, 0.1) is 11.2 Å². The molecule has 0 bridgehead atoms. The van der Waals surface area contributed by atoms with E-state index < -0.39 is 0 Å². The molecule has 1 N–H and O–H groups in total. The van der Waals surface area contributed by atoms with Crippen LogP contribution in [0.5, 0.6) is 0 Å². The highest BCUT2D eigenvalue weighted by Gasteiger charge is 2.22. The van der Waals surface area contributed by atoms with Gasteiger partial charge in [-0.1, -0.05) is 42.0 Å². The SMILES string of the molecule is C/C=C/C(C)=C\n1c2c(c3ccccc31)C=CNC2Cl. The lowest BCUT2D eigenvalue weighted by Crippen LogP contribution is -2.16. The Morgan fingerprint density at radius 3 is 2.95 bits per heavy atom. The minimum atomic E-state index is -0.211. The summed E-state index contributed by atoms with van der Waals surface area (Å²) in [6.07, 6.45) is 10.3. The van der Waals surface area contributed by atoms with Gasteiger partial charge in [-0.15, -0.1) is 0 Å². The first-order valence-electron chi connectivity index (χ1n) is 6.73. The Bertz CT molecular complexity index is 735. The van der Waals surface area contributed by atoms with E-state index >= 15 is 0 Å². The Kier molecular flexibility index (Phi) is 3.41. The van der Waals surface area contributed by atoms with Crippen LogP contribution in [0.1, 0.15) is 30.6 Å². The maximum atomic E-state index is 6.45.